The number of hydrogen-bond acceptors (Lipinski definition) is 6. The van der Waals surface area contributed by atoms with Crippen LogP contribution in [0, 0.1) is 0 Å². The van der Waals surface area contributed by atoms with Gasteiger partial charge in [0.2, 0.25) is 11.8 Å². The van der Waals surface area contributed by atoms with Crippen LogP contribution >= 0.6 is 22.7 Å². The maximum Gasteiger partial charge on any atom is 0.221 e. The fourth-order valence-corrected chi connectivity index (χ4v) is 5.45. The van der Waals surface area contributed by atoms with Gasteiger partial charge in [-0.25, -0.2) is 9.97 Å². The van der Waals surface area contributed by atoms with Gasteiger partial charge in [0.1, 0.15) is 10.0 Å². The number of fused-ring (bicyclic) bond motifs is 2. The minimum atomic E-state index is -0.0895. The molecule has 0 radical (unpaired) electrons. The molecule has 0 aliphatic carbocycles. The summed E-state index contributed by atoms with van der Waals surface area (Å²) in [4.78, 5) is 32.0. The molecule has 32 heavy (non-hydrogen) atoms. The summed E-state index contributed by atoms with van der Waals surface area (Å²) in [6.07, 6.45) is 0. The lowest BCUT2D eigenvalue weighted by atomic mass is 10.2. The zero-order valence-corrected chi connectivity index (χ0v) is 18.9. The van der Waals surface area contributed by atoms with Crippen LogP contribution in [-0.2, 0) is 9.59 Å². The first-order chi connectivity index (χ1) is 15.4. The van der Waals surface area contributed by atoms with Crippen molar-refractivity contribution in [2.24, 2.45) is 0 Å². The first-order valence-electron chi connectivity index (χ1n) is 9.92. The number of thiazole rings is 2. The highest BCUT2D eigenvalue weighted by Gasteiger charge is 2.12. The van der Waals surface area contributed by atoms with Crippen LogP contribution in [0.2, 0.25) is 0 Å². The van der Waals surface area contributed by atoms with E-state index in [4.69, 9.17) is 9.97 Å². The van der Waals surface area contributed by atoms with Gasteiger partial charge in [-0.3, -0.25) is 9.59 Å². The Labute approximate surface area is 192 Å². The number of carbonyl (C=O) groups excluding carboxylic acids is 2. The van der Waals surface area contributed by atoms with Crippen LogP contribution < -0.4 is 10.6 Å². The Morgan fingerprint density at radius 3 is 1.44 bits per heavy atom. The Balaban J connectivity index is 1.44. The Kier molecular flexibility index (Phi) is 5.16. The molecule has 5 aromatic rings. The van der Waals surface area contributed by atoms with Crippen molar-refractivity contribution in [3.05, 3.63) is 60.7 Å². The standard InChI is InChI=1S/C24H18N4O2S2/c1-13(29)25-17-7-3-15(4-8-17)23-27-19-11-20-22(12-21(19)31-23)32-24(28-20)16-5-9-18(10-6-16)26-14(2)30/h3-12H,1-2H3,(H,25,29)(H,26,30). The molecule has 0 saturated heterocycles. The molecule has 0 spiro atoms. The van der Waals surface area contributed by atoms with Crippen molar-refractivity contribution in [3.8, 4) is 21.1 Å². The average molecular weight is 459 g/mol. The second-order valence-corrected chi connectivity index (χ2v) is 9.40. The second kappa shape index (κ2) is 8.14. The summed E-state index contributed by atoms with van der Waals surface area (Å²) in [7, 11) is 0. The normalized spacial score (nSPS) is 11.1. The van der Waals surface area contributed by atoms with Crippen molar-refractivity contribution >= 4 is 66.3 Å². The molecule has 2 amide bonds. The number of benzene rings is 3. The van der Waals surface area contributed by atoms with Gasteiger partial charge in [0, 0.05) is 36.3 Å². The molecule has 2 aromatic heterocycles. The second-order valence-electron chi connectivity index (χ2n) is 7.34. The van der Waals surface area contributed by atoms with Crippen LogP contribution in [0.15, 0.2) is 60.7 Å². The maximum absolute atomic E-state index is 11.2. The fourth-order valence-electron chi connectivity index (χ4n) is 3.40. The molecule has 0 bridgehead atoms. The van der Waals surface area contributed by atoms with Crippen LogP contribution in [0.4, 0.5) is 11.4 Å². The van der Waals surface area contributed by atoms with Gasteiger partial charge in [0.25, 0.3) is 0 Å². The van der Waals surface area contributed by atoms with E-state index in [0.29, 0.717) is 0 Å². The summed E-state index contributed by atoms with van der Waals surface area (Å²) in [5, 5.41) is 7.42. The predicted molar refractivity (Wildman–Crippen MR) is 132 cm³/mol. The largest absolute Gasteiger partial charge is 0.326 e. The topological polar surface area (TPSA) is 84.0 Å². The van der Waals surface area contributed by atoms with E-state index in [1.165, 1.54) is 13.8 Å². The van der Waals surface area contributed by atoms with Gasteiger partial charge in [0.15, 0.2) is 0 Å². The Morgan fingerprint density at radius 1 is 0.656 bits per heavy atom. The van der Waals surface area contributed by atoms with E-state index in [1.54, 1.807) is 22.7 Å². The molecule has 0 atom stereocenters. The van der Waals surface area contributed by atoms with Gasteiger partial charge in [-0.1, -0.05) is 0 Å². The molecule has 0 aliphatic rings. The maximum atomic E-state index is 11.2. The van der Waals surface area contributed by atoms with E-state index < -0.39 is 0 Å². The molecule has 2 heterocycles. The zero-order chi connectivity index (χ0) is 22.2. The molecule has 6 nitrogen and oxygen atoms in total. The Hall–Kier alpha value is -3.62. The summed E-state index contributed by atoms with van der Waals surface area (Å²) < 4.78 is 2.21. The Bertz CT molecular complexity index is 1310. The number of anilines is 2. The van der Waals surface area contributed by atoms with Crippen molar-refractivity contribution in [2.45, 2.75) is 13.8 Å². The van der Waals surface area contributed by atoms with Crippen molar-refractivity contribution in [3.63, 3.8) is 0 Å². The summed E-state index contributed by atoms with van der Waals surface area (Å²) in [6, 6.07) is 19.6. The third-order valence-corrected chi connectivity index (χ3v) is 6.94. The molecular weight excluding hydrogens is 440 g/mol. The highest BCUT2D eigenvalue weighted by molar-refractivity contribution is 7.23. The van der Waals surface area contributed by atoms with E-state index in [2.05, 4.69) is 16.7 Å². The number of carbonyl (C=O) groups is 2. The number of nitrogens with one attached hydrogen (secondary N) is 2. The molecule has 0 saturated carbocycles. The molecule has 5 rings (SSSR count). The summed E-state index contributed by atoms with van der Waals surface area (Å²) in [6.45, 7) is 2.99. The number of hydrogen-bond donors (Lipinski definition) is 2. The summed E-state index contributed by atoms with van der Waals surface area (Å²) in [5.74, 6) is -0.179. The van der Waals surface area contributed by atoms with Gasteiger partial charge in [-0.05, 0) is 60.7 Å². The monoisotopic (exact) mass is 458 g/mol. The Morgan fingerprint density at radius 2 is 1.06 bits per heavy atom. The lowest BCUT2D eigenvalue weighted by molar-refractivity contribution is -0.115. The molecule has 2 N–H and O–H groups in total. The van der Waals surface area contributed by atoms with Gasteiger partial charge in [0.05, 0.1) is 20.4 Å². The average Bonchev–Trinajstić information content (AvgIpc) is 3.35. The lowest BCUT2D eigenvalue weighted by Crippen LogP contribution is -2.05. The first-order valence-corrected chi connectivity index (χ1v) is 11.5. The molecule has 0 unspecified atom stereocenters. The first kappa shape index (κ1) is 20.3. The third kappa shape index (κ3) is 4.10. The highest BCUT2D eigenvalue weighted by Crippen LogP contribution is 2.37. The van der Waals surface area contributed by atoms with Crippen LogP contribution in [0.5, 0.6) is 0 Å². The quantitative estimate of drug-likeness (QED) is 0.338. The van der Waals surface area contributed by atoms with E-state index in [1.807, 2.05) is 54.6 Å². The van der Waals surface area contributed by atoms with Crippen molar-refractivity contribution in [1.29, 1.82) is 0 Å². The third-order valence-electron chi connectivity index (χ3n) is 4.80. The lowest BCUT2D eigenvalue weighted by Gasteiger charge is -2.02. The molecule has 0 fully saturated rings. The van der Waals surface area contributed by atoms with Crippen molar-refractivity contribution in [2.75, 3.05) is 10.6 Å². The van der Waals surface area contributed by atoms with E-state index in [0.717, 1.165) is 53.0 Å². The van der Waals surface area contributed by atoms with Gasteiger partial charge < -0.3 is 10.6 Å². The SMILES string of the molecule is CC(=O)Nc1ccc(-c2nc3cc4nc(-c5ccc(NC(C)=O)cc5)sc4cc3s2)cc1. The molecular formula is C24H18N4O2S2. The minimum absolute atomic E-state index is 0.0895. The summed E-state index contributed by atoms with van der Waals surface area (Å²) >= 11 is 3.28. The van der Waals surface area contributed by atoms with Crippen molar-refractivity contribution in [1.82, 2.24) is 9.97 Å². The zero-order valence-electron chi connectivity index (χ0n) is 17.3. The van der Waals surface area contributed by atoms with Crippen LogP contribution in [0.3, 0.4) is 0 Å². The molecule has 8 heteroatoms. The van der Waals surface area contributed by atoms with Gasteiger partial charge in [-0.2, -0.15) is 0 Å². The fraction of sp³-hybridized carbons (Fsp3) is 0.0833. The van der Waals surface area contributed by atoms with Crippen LogP contribution in [-0.4, -0.2) is 21.8 Å². The van der Waals surface area contributed by atoms with Gasteiger partial charge in [-0.15, -0.1) is 22.7 Å². The number of amides is 2. The number of nitrogens with zero attached hydrogens (tertiary/aromatic N) is 2. The summed E-state index contributed by atoms with van der Waals surface area (Å²) in [5.41, 5.74) is 5.39. The molecule has 158 valence electrons. The van der Waals surface area contributed by atoms with Crippen molar-refractivity contribution < 1.29 is 9.59 Å². The number of rotatable bonds is 4. The minimum Gasteiger partial charge on any atom is -0.326 e. The molecule has 0 aliphatic heterocycles. The van der Waals surface area contributed by atoms with E-state index >= 15 is 0 Å². The van der Waals surface area contributed by atoms with Crippen LogP contribution in [0.1, 0.15) is 13.8 Å². The molecule has 3 aromatic carbocycles. The predicted octanol–water partition coefficient (Wildman–Crippen LogP) is 6.16. The smallest absolute Gasteiger partial charge is 0.221 e. The highest BCUT2D eigenvalue weighted by atomic mass is 32.1. The van der Waals surface area contributed by atoms with E-state index in [-0.39, 0.29) is 11.8 Å². The van der Waals surface area contributed by atoms with Crippen LogP contribution in [0.25, 0.3) is 41.6 Å². The number of aromatic nitrogens is 2. The van der Waals surface area contributed by atoms with Gasteiger partial charge >= 0.3 is 0 Å². The van der Waals surface area contributed by atoms with E-state index in [9.17, 15) is 9.59 Å².